The highest BCUT2D eigenvalue weighted by Gasteiger charge is 2.59. The first kappa shape index (κ1) is 17.8. The van der Waals surface area contributed by atoms with Crippen molar-refractivity contribution in [2.24, 2.45) is 0 Å². The lowest BCUT2D eigenvalue weighted by Crippen LogP contribution is -2.40. The SMILES string of the molecule is COC(=O)c1cn([C@@H]2[C@H]3OC(C)(C)O[C@H]3O[C@@H]2[C@H]2COC(C)(C)O2)nn1. The van der Waals surface area contributed by atoms with Crippen LogP contribution in [0.2, 0.25) is 0 Å². The van der Waals surface area contributed by atoms with Crippen molar-refractivity contribution >= 4 is 5.97 Å². The first-order chi connectivity index (χ1) is 12.2. The number of carbonyl (C=O) groups excluding carboxylic acids is 1. The zero-order valence-electron chi connectivity index (χ0n) is 15.4. The lowest BCUT2D eigenvalue weighted by molar-refractivity contribution is -0.226. The fourth-order valence-corrected chi connectivity index (χ4v) is 3.62. The number of carbonyl (C=O) groups is 1. The molecule has 10 nitrogen and oxygen atoms in total. The first-order valence-corrected chi connectivity index (χ1v) is 8.52. The molecule has 4 heterocycles. The van der Waals surface area contributed by atoms with Crippen molar-refractivity contribution in [2.45, 2.75) is 69.9 Å². The van der Waals surface area contributed by atoms with Gasteiger partial charge in [0, 0.05) is 0 Å². The summed E-state index contributed by atoms with van der Waals surface area (Å²) in [5.74, 6) is -2.04. The number of hydrogen-bond acceptors (Lipinski definition) is 9. The summed E-state index contributed by atoms with van der Waals surface area (Å²) in [6, 6.07) is -0.393. The van der Waals surface area contributed by atoms with Crippen LogP contribution in [-0.4, -0.2) is 70.9 Å². The molecule has 0 spiro atoms. The van der Waals surface area contributed by atoms with E-state index in [0.29, 0.717) is 6.61 Å². The maximum Gasteiger partial charge on any atom is 0.360 e. The number of rotatable bonds is 3. The lowest BCUT2D eigenvalue weighted by atomic mass is 10.0. The van der Waals surface area contributed by atoms with Crippen LogP contribution < -0.4 is 0 Å². The summed E-state index contributed by atoms with van der Waals surface area (Å²) in [6.07, 6.45) is -0.241. The zero-order valence-corrected chi connectivity index (χ0v) is 15.4. The smallest absolute Gasteiger partial charge is 0.360 e. The molecule has 4 rings (SSSR count). The molecule has 0 amide bonds. The van der Waals surface area contributed by atoms with E-state index in [1.165, 1.54) is 13.3 Å². The first-order valence-electron chi connectivity index (χ1n) is 8.52. The molecule has 3 aliphatic heterocycles. The van der Waals surface area contributed by atoms with Crippen LogP contribution in [0.4, 0.5) is 0 Å². The Hall–Kier alpha value is -1.59. The Morgan fingerprint density at radius 2 is 1.96 bits per heavy atom. The van der Waals surface area contributed by atoms with E-state index in [2.05, 4.69) is 10.3 Å². The molecule has 144 valence electrons. The predicted molar refractivity (Wildman–Crippen MR) is 84.0 cm³/mol. The van der Waals surface area contributed by atoms with Gasteiger partial charge in [-0.25, -0.2) is 9.48 Å². The lowest BCUT2D eigenvalue weighted by Gasteiger charge is -2.28. The van der Waals surface area contributed by atoms with E-state index in [9.17, 15) is 4.79 Å². The van der Waals surface area contributed by atoms with Crippen LogP contribution in [0.25, 0.3) is 0 Å². The highest BCUT2D eigenvalue weighted by Crippen LogP contribution is 2.45. The van der Waals surface area contributed by atoms with Gasteiger partial charge < -0.3 is 28.4 Å². The molecule has 0 aliphatic carbocycles. The fraction of sp³-hybridized carbons (Fsp3) is 0.812. The maximum atomic E-state index is 11.7. The Morgan fingerprint density at radius 1 is 1.19 bits per heavy atom. The summed E-state index contributed by atoms with van der Waals surface area (Å²) in [7, 11) is 1.29. The van der Waals surface area contributed by atoms with Crippen LogP contribution in [0.3, 0.4) is 0 Å². The van der Waals surface area contributed by atoms with Crippen LogP contribution in [0.15, 0.2) is 6.20 Å². The van der Waals surface area contributed by atoms with Gasteiger partial charge in [-0.1, -0.05) is 5.21 Å². The molecular formula is C16H23N3O7. The van der Waals surface area contributed by atoms with Gasteiger partial charge in [-0.3, -0.25) is 0 Å². The Morgan fingerprint density at radius 3 is 2.62 bits per heavy atom. The van der Waals surface area contributed by atoms with Crippen LogP contribution in [0.5, 0.6) is 0 Å². The Kier molecular flexibility index (Phi) is 4.08. The second-order valence-electron chi connectivity index (χ2n) is 7.50. The molecule has 26 heavy (non-hydrogen) atoms. The van der Waals surface area contributed by atoms with Crippen LogP contribution in [0, 0.1) is 0 Å². The number of nitrogens with zero attached hydrogens (tertiary/aromatic N) is 3. The summed E-state index contributed by atoms with van der Waals surface area (Å²) in [4.78, 5) is 11.7. The zero-order chi connectivity index (χ0) is 18.7. The largest absolute Gasteiger partial charge is 0.464 e. The van der Waals surface area contributed by atoms with Crippen molar-refractivity contribution in [3.05, 3.63) is 11.9 Å². The van der Waals surface area contributed by atoms with Crippen molar-refractivity contribution < 1.29 is 33.2 Å². The molecule has 0 bridgehead atoms. The van der Waals surface area contributed by atoms with E-state index in [-0.39, 0.29) is 11.8 Å². The molecule has 0 N–H and O–H groups in total. The monoisotopic (exact) mass is 369 g/mol. The number of fused-ring (bicyclic) bond motifs is 1. The minimum atomic E-state index is -0.781. The Bertz CT molecular complexity index is 704. The molecule has 3 saturated heterocycles. The van der Waals surface area contributed by atoms with E-state index >= 15 is 0 Å². The van der Waals surface area contributed by atoms with Crippen LogP contribution in [0.1, 0.15) is 44.2 Å². The van der Waals surface area contributed by atoms with E-state index < -0.39 is 42.1 Å². The maximum absolute atomic E-state index is 11.7. The number of methoxy groups -OCH3 is 1. The topological polar surface area (TPSA) is 103 Å². The minimum absolute atomic E-state index is 0.108. The molecular weight excluding hydrogens is 346 g/mol. The van der Waals surface area contributed by atoms with Crippen molar-refractivity contribution in [1.82, 2.24) is 15.0 Å². The third-order valence-electron chi connectivity index (χ3n) is 4.66. The molecule has 1 aromatic rings. The van der Waals surface area contributed by atoms with Crippen molar-refractivity contribution in [3.8, 4) is 0 Å². The average molecular weight is 369 g/mol. The van der Waals surface area contributed by atoms with Gasteiger partial charge in [-0.15, -0.1) is 5.10 Å². The van der Waals surface area contributed by atoms with Gasteiger partial charge in [0.15, 0.2) is 23.6 Å². The van der Waals surface area contributed by atoms with Crippen molar-refractivity contribution in [1.29, 1.82) is 0 Å². The van der Waals surface area contributed by atoms with Gasteiger partial charge >= 0.3 is 5.97 Å². The molecule has 0 radical (unpaired) electrons. The van der Waals surface area contributed by atoms with Gasteiger partial charge in [-0.05, 0) is 27.7 Å². The third kappa shape index (κ3) is 3.01. The van der Waals surface area contributed by atoms with Gasteiger partial charge in [0.2, 0.25) is 0 Å². The Labute approximate surface area is 150 Å². The molecule has 5 atom stereocenters. The van der Waals surface area contributed by atoms with Gasteiger partial charge in [-0.2, -0.15) is 0 Å². The second-order valence-corrected chi connectivity index (χ2v) is 7.50. The molecule has 3 aliphatic rings. The quantitative estimate of drug-likeness (QED) is 0.710. The molecule has 1 aromatic heterocycles. The molecule has 0 unspecified atom stereocenters. The average Bonchev–Trinajstić information content (AvgIpc) is 3.28. The predicted octanol–water partition coefficient (Wildman–Crippen LogP) is 0.634. The van der Waals surface area contributed by atoms with Gasteiger partial charge in [0.05, 0.1) is 19.9 Å². The highest BCUT2D eigenvalue weighted by molar-refractivity contribution is 5.86. The van der Waals surface area contributed by atoms with Crippen molar-refractivity contribution in [2.75, 3.05) is 13.7 Å². The summed E-state index contributed by atoms with van der Waals surface area (Å²) >= 11 is 0. The fourth-order valence-electron chi connectivity index (χ4n) is 3.62. The summed E-state index contributed by atoms with van der Waals surface area (Å²) in [5.41, 5.74) is 0.108. The molecule has 0 saturated carbocycles. The highest BCUT2D eigenvalue weighted by atomic mass is 16.8. The number of aromatic nitrogens is 3. The summed E-state index contributed by atoms with van der Waals surface area (Å²) < 4.78 is 35.9. The van der Waals surface area contributed by atoms with Crippen LogP contribution in [-0.2, 0) is 28.4 Å². The van der Waals surface area contributed by atoms with Gasteiger partial charge in [0.1, 0.15) is 24.4 Å². The van der Waals surface area contributed by atoms with E-state index in [4.69, 9.17) is 28.4 Å². The second kappa shape index (κ2) is 5.96. The number of hydrogen-bond donors (Lipinski definition) is 0. The number of esters is 1. The van der Waals surface area contributed by atoms with Crippen LogP contribution >= 0.6 is 0 Å². The third-order valence-corrected chi connectivity index (χ3v) is 4.66. The van der Waals surface area contributed by atoms with E-state index in [1.54, 1.807) is 4.68 Å². The summed E-state index contributed by atoms with van der Waals surface area (Å²) in [5, 5.41) is 7.97. The standard InChI is InChI=1S/C16H23N3O7/c1-15(2)22-7-9(24-15)11-10(12-14(23-11)26-16(3,4)25-12)19-6-8(17-18-19)13(20)21-5/h6,9-12,14H,7H2,1-5H3/t9-,10+,11-,12-,14-/m1/s1. The molecule has 0 aromatic carbocycles. The van der Waals surface area contributed by atoms with E-state index in [0.717, 1.165) is 0 Å². The van der Waals surface area contributed by atoms with E-state index in [1.807, 2.05) is 27.7 Å². The Balaban J connectivity index is 1.64. The van der Waals surface area contributed by atoms with Gasteiger partial charge in [0.25, 0.3) is 0 Å². The summed E-state index contributed by atoms with van der Waals surface area (Å²) in [6.45, 7) is 7.70. The van der Waals surface area contributed by atoms with Crippen molar-refractivity contribution in [3.63, 3.8) is 0 Å². The molecule has 3 fully saturated rings. The normalized spacial score (nSPS) is 37.7. The number of ether oxygens (including phenoxy) is 6. The molecule has 10 heteroatoms. The minimum Gasteiger partial charge on any atom is -0.464 e.